The molecule has 0 unspecified atom stereocenters. The highest BCUT2D eigenvalue weighted by Crippen LogP contribution is 2.22. The minimum atomic E-state index is -0.352. The molecule has 0 bridgehead atoms. The molecule has 1 saturated heterocycles. The molecule has 1 amide bonds. The Morgan fingerprint density at radius 2 is 2.35 bits per heavy atom. The van der Waals surface area contributed by atoms with Crippen molar-refractivity contribution < 1.29 is 19.0 Å². The summed E-state index contributed by atoms with van der Waals surface area (Å²) in [5.41, 5.74) is 0.737. The summed E-state index contributed by atoms with van der Waals surface area (Å²) in [6.45, 7) is 0.418. The lowest BCUT2D eigenvalue weighted by Gasteiger charge is -2.22. The molecule has 0 radical (unpaired) electrons. The quantitative estimate of drug-likeness (QED) is 0.904. The Morgan fingerprint density at radius 1 is 1.60 bits per heavy atom. The van der Waals surface area contributed by atoms with Crippen LogP contribution in [-0.4, -0.2) is 48.3 Å². The van der Waals surface area contributed by atoms with Crippen LogP contribution in [0.25, 0.3) is 0 Å². The average molecular weight is 346 g/mol. The molecular formula is C14H17BrFNO3. The summed E-state index contributed by atoms with van der Waals surface area (Å²) < 4.78 is 18.8. The molecule has 0 saturated carbocycles. The largest absolute Gasteiger partial charge is 0.394 e. The van der Waals surface area contributed by atoms with Crippen molar-refractivity contribution in [3.63, 3.8) is 0 Å². The van der Waals surface area contributed by atoms with E-state index >= 15 is 0 Å². The van der Waals surface area contributed by atoms with Gasteiger partial charge in [-0.2, -0.15) is 0 Å². The van der Waals surface area contributed by atoms with Crippen molar-refractivity contribution in [2.24, 2.45) is 0 Å². The molecule has 1 aliphatic rings. The zero-order valence-corrected chi connectivity index (χ0v) is 12.8. The molecule has 2 atom stereocenters. The van der Waals surface area contributed by atoms with Gasteiger partial charge in [-0.15, -0.1) is 0 Å². The standard InChI is InChI=1S/C14H17BrFNO3/c1-20-11-6-10(8-18)17(7-11)14(19)5-9-2-3-13(16)12(15)4-9/h2-4,10-11,18H,5-8H2,1H3/t10-,11+/m0/s1. The number of aliphatic hydroxyl groups excluding tert-OH is 1. The topological polar surface area (TPSA) is 49.8 Å². The van der Waals surface area contributed by atoms with Crippen molar-refractivity contribution in [1.29, 1.82) is 0 Å². The molecule has 1 aromatic carbocycles. The summed E-state index contributed by atoms with van der Waals surface area (Å²) in [4.78, 5) is 13.9. The molecule has 0 aliphatic carbocycles. The van der Waals surface area contributed by atoms with Crippen LogP contribution in [0.3, 0.4) is 0 Å². The number of amides is 1. The van der Waals surface area contributed by atoms with Crippen LogP contribution in [0, 0.1) is 5.82 Å². The zero-order valence-electron chi connectivity index (χ0n) is 11.2. The normalized spacial score (nSPS) is 22.3. The summed E-state index contributed by atoms with van der Waals surface area (Å²) in [5, 5.41) is 9.34. The molecule has 20 heavy (non-hydrogen) atoms. The van der Waals surface area contributed by atoms with E-state index in [9.17, 15) is 14.3 Å². The highest BCUT2D eigenvalue weighted by Gasteiger charge is 2.34. The first-order valence-corrected chi connectivity index (χ1v) is 7.21. The Morgan fingerprint density at radius 3 is 2.95 bits per heavy atom. The highest BCUT2D eigenvalue weighted by molar-refractivity contribution is 9.10. The maximum atomic E-state index is 13.2. The van der Waals surface area contributed by atoms with E-state index in [0.29, 0.717) is 17.4 Å². The van der Waals surface area contributed by atoms with Crippen LogP contribution >= 0.6 is 15.9 Å². The Labute approximate surface area is 125 Å². The number of halogens is 2. The van der Waals surface area contributed by atoms with E-state index in [1.165, 1.54) is 6.07 Å². The number of rotatable bonds is 4. The third kappa shape index (κ3) is 3.37. The summed E-state index contributed by atoms with van der Waals surface area (Å²) >= 11 is 3.11. The molecule has 1 aliphatic heterocycles. The fourth-order valence-corrected chi connectivity index (χ4v) is 2.87. The second kappa shape index (κ2) is 6.65. The van der Waals surface area contributed by atoms with E-state index in [0.717, 1.165) is 5.56 Å². The summed E-state index contributed by atoms with van der Waals surface area (Å²) in [6, 6.07) is 4.33. The average Bonchev–Trinajstić information content (AvgIpc) is 2.86. The van der Waals surface area contributed by atoms with Crippen molar-refractivity contribution in [3.05, 3.63) is 34.1 Å². The van der Waals surface area contributed by atoms with E-state index < -0.39 is 0 Å². The molecule has 2 rings (SSSR count). The number of likely N-dealkylation sites (tertiary alicyclic amines) is 1. The molecule has 1 aromatic rings. The molecule has 1 N–H and O–H groups in total. The second-order valence-corrected chi connectivity index (χ2v) is 5.76. The Bertz CT molecular complexity index is 497. The van der Waals surface area contributed by atoms with Gasteiger partial charge in [-0.1, -0.05) is 6.07 Å². The monoisotopic (exact) mass is 345 g/mol. The highest BCUT2D eigenvalue weighted by atomic mass is 79.9. The fraction of sp³-hybridized carbons (Fsp3) is 0.500. The van der Waals surface area contributed by atoms with Gasteiger partial charge in [-0.25, -0.2) is 4.39 Å². The molecule has 0 aromatic heterocycles. The number of carbonyl (C=O) groups is 1. The van der Waals surface area contributed by atoms with Crippen LogP contribution in [0.1, 0.15) is 12.0 Å². The smallest absolute Gasteiger partial charge is 0.227 e. The van der Waals surface area contributed by atoms with Crippen LogP contribution < -0.4 is 0 Å². The number of methoxy groups -OCH3 is 1. The summed E-state index contributed by atoms with van der Waals surface area (Å²) in [6.07, 6.45) is 0.800. The third-order valence-electron chi connectivity index (χ3n) is 3.58. The molecule has 1 fully saturated rings. The van der Waals surface area contributed by atoms with Crippen molar-refractivity contribution in [2.75, 3.05) is 20.3 Å². The van der Waals surface area contributed by atoms with Gasteiger partial charge in [0.15, 0.2) is 0 Å². The van der Waals surface area contributed by atoms with Gasteiger partial charge in [0.2, 0.25) is 5.91 Å². The van der Waals surface area contributed by atoms with Gasteiger partial charge in [0.05, 0.1) is 29.6 Å². The lowest BCUT2D eigenvalue weighted by Crippen LogP contribution is -2.39. The van der Waals surface area contributed by atoms with Crippen molar-refractivity contribution >= 4 is 21.8 Å². The number of nitrogens with zero attached hydrogens (tertiary/aromatic N) is 1. The minimum Gasteiger partial charge on any atom is -0.394 e. The van der Waals surface area contributed by atoms with Crippen molar-refractivity contribution in [3.8, 4) is 0 Å². The van der Waals surface area contributed by atoms with Gasteiger partial charge >= 0.3 is 0 Å². The maximum Gasteiger partial charge on any atom is 0.227 e. The number of benzene rings is 1. The van der Waals surface area contributed by atoms with Crippen LogP contribution in [0.15, 0.2) is 22.7 Å². The van der Waals surface area contributed by atoms with Crippen molar-refractivity contribution in [2.45, 2.75) is 25.0 Å². The number of hydrogen-bond donors (Lipinski definition) is 1. The molecule has 110 valence electrons. The number of hydrogen-bond acceptors (Lipinski definition) is 3. The Hall–Kier alpha value is -0.980. The van der Waals surface area contributed by atoms with Gasteiger partial charge in [0, 0.05) is 13.7 Å². The van der Waals surface area contributed by atoms with E-state index in [2.05, 4.69) is 15.9 Å². The molecule has 0 spiro atoms. The summed E-state index contributed by atoms with van der Waals surface area (Å²) in [7, 11) is 1.60. The number of ether oxygens (including phenoxy) is 1. The first kappa shape index (κ1) is 15.4. The maximum absolute atomic E-state index is 13.2. The summed E-state index contributed by atoms with van der Waals surface area (Å²) in [5.74, 6) is -0.433. The Kier molecular flexibility index (Phi) is 5.12. The molecule has 4 nitrogen and oxygen atoms in total. The first-order valence-electron chi connectivity index (χ1n) is 6.42. The van der Waals surface area contributed by atoms with Crippen LogP contribution in [0.4, 0.5) is 4.39 Å². The molecular weight excluding hydrogens is 329 g/mol. The lowest BCUT2D eigenvalue weighted by molar-refractivity contribution is -0.132. The fourth-order valence-electron chi connectivity index (χ4n) is 2.45. The van der Waals surface area contributed by atoms with Crippen LogP contribution in [-0.2, 0) is 16.0 Å². The molecule has 6 heteroatoms. The van der Waals surface area contributed by atoms with E-state index in [1.807, 2.05) is 0 Å². The number of aliphatic hydroxyl groups is 1. The SMILES string of the molecule is CO[C@@H]1C[C@@H](CO)N(C(=O)Cc2ccc(F)c(Br)c2)C1. The predicted molar refractivity (Wildman–Crippen MR) is 75.8 cm³/mol. The van der Waals surface area contributed by atoms with E-state index in [-0.39, 0.29) is 36.9 Å². The van der Waals surface area contributed by atoms with Gasteiger partial charge in [0.25, 0.3) is 0 Å². The zero-order chi connectivity index (χ0) is 14.7. The Balaban J connectivity index is 2.05. The number of carbonyl (C=O) groups excluding carboxylic acids is 1. The van der Waals surface area contributed by atoms with Gasteiger partial charge in [-0.3, -0.25) is 4.79 Å². The lowest BCUT2D eigenvalue weighted by atomic mass is 10.1. The first-order chi connectivity index (χ1) is 9.55. The molecule has 1 heterocycles. The van der Waals surface area contributed by atoms with Gasteiger partial charge in [0.1, 0.15) is 5.82 Å². The predicted octanol–water partition coefficient (Wildman–Crippen LogP) is 1.74. The van der Waals surface area contributed by atoms with E-state index in [1.54, 1.807) is 24.1 Å². The van der Waals surface area contributed by atoms with Crippen molar-refractivity contribution in [1.82, 2.24) is 4.90 Å². The van der Waals surface area contributed by atoms with Crippen LogP contribution in [0.2, 0.25) is 0 Å². The second-order valence-electron chi connectivity index (χ2n) is 4.90. The van der Waals surface area contributed by atoms with Gasteiger partial charge < -0.3 is 14.7 Å². The van der Waals surface area contributed by atoms with E-state index in [4.69, 9.17) is 4.74 Å². The van der Waals surface area contributed by atoms with Gasteiger partial charge in [-0.05, 0) is 40.0 Å². The third-order valence-corrected chi connectivity index (χ3v) is 4.19. The van der Waals surface area contributed by atoms with Crippen LogP contribution in [0.5, 0.6) is 0 Å². The minimum absolute atomic E-state index is 0.0314.